The average molecular weight is 570 g/mol. The Kier molecular flexibility index (Phi) is 9.13. The summed E-state index contributed by atoms with van der Waals surface area (Å²) in [5.41, 5.74) is 4.92. The monoisotopic (exact) mass is 569 g/mol. The molecule has 1 aliphatic rings. The van der Waals surface area contributed by atoms with Crippen LogP contribution >= 0.6 is 0 Å². The summed E-state index contributed by atoms with van der Waals surface area (Å²) >= 11 is 0. The molecule has 2 aromatic heterocycles. The van der Waals surface area contributed by atoms with Gasteiger partial charge in [0, 0.05) is 37.7 Å². The number of nitrogens with zero attached hydrogens (tertiary/aromatic N) is 2. The Morgan fingerprint density at radius 3 is 2.50 bits per heavy atom. The third-order valence-corrected chi connectivity index (χ3v) is 7.29. The van der Waals surface area contributed by atoms with Crippen molar-refractivity contribution in [3.8, 4) is 0 Å². The molecule has 218 valence electrons. The maximum atomic E-state index is 13.2. The van der Waals surface area contributed by atoms with Crippen LogP contribution in [0.25, 0.3) is 11.0 Å². The van der Waals surface area contributed by atoms with Crippen molar-refractivity contribution in [1.29, 1.82) is 0 Å². The van der Waals surface area contributed by atoms with Crippen molar-refractivity contribution < 1.29 is 23.9 Å². The zero-order chi connectivity index (χ0) is 29.5. The highest BCUT2D eigenvalue weighted by molar-refractivity contribution is 6.11. The van der Waals surface area contributed by atoms with Gasteiger partial charge in [0.15, 0.2) is 5.69 Å². The second-order valence-corrected chi connectivity index (χ2v) is 10.3. The van der Waals surface area contributed by atoms with Gasteiger partial charge < -0.3 is 30.0 Å². The number of amides is 2. The number of hydrogen-bond acceptors (Lipinski definition) is 7. The van der Waals surface area contributed by atoms with Gasteiger partial charge >= 0.3 is 5.97 Å². The van der Waals surface area contributed by atoms with E-state index in [0.717, 1.165) is 29.8 Å². The van der Waals surface area contributed by atoms with Gasteiger partial charge in [0.2, 0.25) is 11.8 Å². The van der Waals surface area contributed by atoms with Gasteiger partial charge in [-0.2, -0.15) is 0 Å². The lowest BCUT2D eigenvalue weighted by molar-refractivity contribution is -0.119. The quantitative estimate of drug-likeness (QED) is 0.217. The molecular weight excluding hydrogens is 534 g/mol. The highest BCUT2D eigenvalue weighted by Crippen LogP contribution is 2.34. The Hall–Kier alpha value is -4.70. The second kappa shape index (κ2) is 13.3. The van der Waals surface area contributed by atoms with Crippen molar-refractivity contribution in [3.05, 3.63) is 83.7 Å². The van der Waals surface area contributed by atoms with E-state index in [1.54, 1.807) is 6.20 Å². The number of fused-ring (bicyclic) bond motifs is 1. The molecule has 10 heteroatoms. The molecule has 3 heterocycles. The molecule has 3 N–H and O–H groups in total. The van der Waals surface area contributed by atoms with Crippen molar-refractivity contribution in [2.24, 2.45) is 5.92 Å². The predicted octanol–water partition coefficient (Wildman–Crippen LogP) is 5.00. The van der Waals surface area contributed by atoms with Crippen molar-refractivity contribution in [2.45, 2.75) is 39.3 Å². The minimum atomic E-state index is -0.542. The molecule has 0 aliphatic carbocycles. The van der Waals surface area contributed by atoms with Crippen molar-refractivity contribution in [2.75, 3.05) is 36.3 Å². The fraction of sp³-hybridized carbons (Fsp3) is 0.312. The minimum absolute atomic E-state index is 0.123. The average Bonchev–Trinajstić information content (AvgIpc) is 3.64. The lowest BCUT2D eigenvalue weighted by atomic mass is 10.1. The molecule has 2 amide bonds. The van der Waals surface area contributed by atoms with Crippen LogP contribution in [0.1, 0.15) is 41.4 Å². The van der Waals surface area contributed by atoms with E-state index >= 15 is 0 Å². The summed E-state index contributed by atoms with van der Waals surface area (Å²) in [6.07, 6.45) is 3.93. The molecule has 1 unspecified atom stereocenters. The van der Waals surface area contributed by atoms with Crippen molar-refractivity contribution in [1.82, 2.24) is 9.55 Å². The number of rotatable bonds is 11. The summed E-state index contributed by atoms with van der Waals surface area (Å²) in [4.78, 5) is 42.4. The summed E-state index contributed by atoms with van der Waals surface area (Å²) in [5.74, 6) is -1.15. The molecule has 4 aromatic rings. The van der Waals surface area contributed by atoms with Crippen LogP contribution < -0.4 is 16.0 Å². The number of benzene rings is 2. The first-order chi connectivity index (χ1) is 20.4. The number of carbonyl (C=O) groups is 3. The Morgan fingerprint density at radius 1 is 1.02 bits per heavy atom. The number of anilines is 3. The first-order valence-corrected chi connectivity index (χ1v) is 14.1. The van der Waals surface area contributed by atoms with Gasteiger partial charge in [-0.1, -0.05) is 42.5 Å². The number of methoxy groups -OCH3 is 1. The number of hydrogen-bond donors (Lipinski definition) is 3. The van der Waals surface area contributed by atoms with Crippen molar-refractivity contribution >= 4 is 45.9 Å². The van der Waals surface area contributed by atoms with Gasteiger partial charge in [0.1, 0.15) is 5.65 Å². The molecule has 5 rings (SSSR count). The largest absolute Gasteiger partial charge is 0.464 e. The van der Waals surface area contributed by atoms with E-state index in [0.29, 0.717) is 49.4 Å². The zero-order valence-electron chi connectivity index (χ0n) is 23.8. The SMILES string of the molecule is COC(=O)c1c(NC(=O)C2CCOC2)c2cc(NCc3ccc(NC(C)=O)cc3)cnc2n1CCCc1ccccc1. The normalized spacial score (nSPS) is 14.5. The molecule has 42 heavy (non-hydrogen) atoms. The molecule has 1 saturated heterocycles. The van der Waals surface area contributed by atoms with Crippen LogP contribution in [0.3, 0.4) is 0 Å². The van der Waals surface area contributed by atoms with E-state index in [-0.39, 0.29) is 23.4 Å². The van der Waals surface area contributed by atoms with E-state index in [1.165, 1.54) is 19.6 Å². The van der Waals surface area contributed by atoms with Gasteiger partial charge in [-0.25, -0.2) is 9.78 Å². The van der Waals surface area contributed by atoms with E-state index < -0.39 is 5.97 Å². The molecular formula is C32H35N5O5. The van der Waals surface area contributed by atoms with Gasteiger partial charge in [-0.3, -0.25) is 9.59 Å². The van der Waals surface area contributed by atoms with Crippen LogP contribution in [0, 0.1) is 5.92 Å². The Morgan fingerprint density at radius 2 is 1.81 bits per heavy atom. The zero-order valence-corrected chi connectivity index (χ0v) is 23.8. The molecule has 0 saturated carbocycles. The van der Waals surface area contributed by atoms with E-state index in [4.69, 9.17) is 14.5 Å². The standard InChI is InChI=1S/C32H35N5O5/c1-21(38)35-25-12-10-23(11-13-25)18-33-26-17-27-28(36-31(39)24-14-16-42-20-24)29(32(40)41-2)37(30(27)34-19-26)15-6-9-22-7-4-3-5-8-22/h3-5,7-8,10-13,17,19,24,33H,6,9,14-16,18,20H2,1-2H3,(H,35,38)(H,36,39). The first kappa shape index (κ1) is 28.8. The number of ether oxygens (including phenoxy) is 2. The fourth-order valence-corrected chi connectivity index (χ4v) is 5.14. The number of pyridine rings is 1. The van der Waals surface area contributed by atoms with Crippen LogP contribution in [0.4, 0.5) is 17.1 Å². The third kappa shape index (κ3) is 6.77. The van der Waals surface area contributed by atoms with Crippen LogP contribution in [0.15, 0.2) is 66.9 Å². The number of aromatic nitrogens is 2. The van der Waals surface area contributed by atoms with Crippen LogP contribution in [0.2, 0.25) is 0 Å². The van der Waals surface area contributed by atoms with E-state index in [1.807, 2.05) is 53.1 Å². The molecule has 0 bridgehead atoms. The minimum Gasteiger partial charge on any atom is -0.464 e. The lowest BCUT2D eigenvalue weighted by Crippen LogP contribution is -2.24. The van der Waals surface area contributed by atoms with E-state index in [2.05, 4.69) is 28.1 Å². The smallest absolute Gasteiger partial charge is 0.356 e. The van der Waals surface area contributed by atoms with Crippen LogP contribution in [0.5, 0.6) is 0 Å². The summed E-state index contributed by atoms with van der Waals surface area (Å²) in [5, 5.41) is 9.80. The number of carbonyl (C=O) groups excluding carboxylic acids is 3. The number of nitrogens with one attached hydrogen (secondary N) is 3. The fourth-order valence-electron chi connectivity index (χ4n) is 5.14. The molecule has 1 fully saturated rings. The second-order valence-electron chi connectivity index (χ2n) is 10.3. The van der Waals surface area contributed by atoms with Crippen molar-refractivity contribution in [3.63, 3.8) is 0 Å². The highest BCUT2D eigenvalue weighted by Gasteiger charge is 2.29. The summed E-state index contributed by atoms with van der Waals surface area (Å²) in [6, 6.07) is 19.6. The Bertz CT molecular complexity index is 1560. The molecule has 2 aromatic carbocycles. The summed E-state index contributed by atoms with van der Waals surface area (Å²) in [6.45, 7) is 3.37. The summed E-state index contributed by atoms with van der Waals surface area (Å²) < 4.78 is 12.4. The first-order valence-electron chi connectivity index (χ1n) is 14.1. The van der Waals surface area contributed by atoms with Gasteiger partial charge in [0.05, 0.1) is 37.2 Å². The number of aryl methyl sites for hydroxylation is 2. The summed E-state index contributed by atoms with van der Waals surface area (Å²) in [7, 11) is 1.34. The van der Waals surface area contributed by atoms with Gasteiger partial charge in [-0.05, 0) is 48.6 Å². The van der Waals surface area contributed by atoms with Crippen LogP contribution in [-0.4, -0.2) is 47.7 Å². The maximum Gasteiger partial charge on any atom is 0.356 e. The molecule has 1 aliphatic heterocycles. The number of esters is 1. The van der Waals surface area contributed by atoms with Gasteiger partial charge in [0.25, 0.3) is 0 Å². The van der Waals surface area contributed by atoms with Gasteiger partial charge in [-0.15, -0.1) is 0 Å². The molecule has 1 atom stereocenters. The van der Waals surface area contributed by atoms with E-state index in [9.17, 15) is 14.4 Å². The lowest BCUT2D eigenvalue weighted by Gasteiger charge is -2.12. The predicted molar refractivity (Wildman–Crippen MR) is 161 cm³/mol. The third-order valence-electron chi connectivity index (χ3n) is 7.29. The molecule has 10 nitrogen and oxygen atoms in total. The topological polar surface area (TPSA) is 124 Å². The molecule has 0 radical (unpaired) electrons. The highest BCUT2D eigenvalue weighted by atomic mass is 16.5. The van der Waals surface area contributed by atoms with Crippen LogP contribution in [-0.2, 0) is 38.6 Å². The Balaban J connectivity index is 1.45. The molecule has 0 spiro atoms. The maximum absolute atomic E-state index is 13.2. The Labute approximate surface area is 244 Å².